The van der Waals surface area contributed by atoms with Crippen LogP contribution in [-0.2, 0) is 20.7 Å². The van der Waals surface area contributed by atoms with Crippen molar-refractivity contribution in [1.29, 1.82) is 0 Å². The molecule has 164 valence electrons. The van der Waals surface area contributed by atoms with Crippen LogP contribution in [0, 0.1) is 5.41 Å². The smallest absolute Gasteiger partial charge is 0.251 e. The number of ether oxygens (including phenoxy) is 1. The molecule has 0 unspecified atom stereocenters. The minimum atomic E-state index is -0.613. The minimum Gasteiger partial charge on any atom is -0.368 e. The number of benzene rings is 2. The van der Waals surface area contributed by atoms with Crippen molar-refractivity contribution >= 4 is 11.8 Å². The Morgan fingerprint density at radius 1 is 1.10 bits per heavy atom. The predicted octanol–water partition coefficient (Wildman–Crippen LogP) is 3.82. The Balaban J connectivity index is 1.59. The van der Waals surface area contributed by atoms with E-state index in [9.17, 15) is 9.59 Å². The molecule has 5 nitrogen and oxygen atoms in total. The van der Waals surface area contributed by atoms with E-state index in [2.05, 4.69) is 41.7 Å². The van der Waals surface area contributed by atoms with E-state index < -0.39 is 5.41 Å². The summed E-state index contributed by atoms with van der Waals surface area (Å²) in [5, 5.41) is 3.04. The van der Waals surface area contributed by atoms with Gasteiger partial charge in [-0.1, -0.05) is 54.6 Å². The second kappa shape index (κ2) is 9.65. The summed E-state index contributed by atoms with van der Waals surface area (Å²) in [6, 6.07) is 18.7. The highest BCUT2D eigenvalue weighted by Crippen LogP contribution is 2.36. The molecule has 2 heterocycles. The molecule has 2 fully saturated rings. The number of amides is 2. The molecule has 2 atom stereocenters. The summed E-state index contributed by atoms with van der Waals surface area (Å²) in [5.41, 5.74) is 2.82. The molecular weight excluding hydrogens is 388 g/mol. The zero-order valence-electron chi connectivity index (χ0n) is 18.3. The van der Waals surface area contributed by atoms with Crippen LogP contribution in [0.15, 0.2) is 54.6 Å². The van der Waals surface area contributed by atoms with Gasteiger partial charge >= 0.3 is 0 Å². The van der Waals surface area contributed by atoms with Gasteiger partial charge in [0.25, 0.3) is 5.91 Å². The Kier molecular flexibility index (Phi) is 6.71. The molecule has 0 aromatic heterocycles. The maximum atomic E-state index is 13.3. The number of likely N-dealkylation sites (tertiary alicyclic amines) is 1. The lowest BCUT2D eigenvalue weighted by atomic mass is 9.73. The van der Waals surface area contributed by atoms with Crippen LogP contribution in [-0.4, -0.2) is 49.1 Å². The third kappa shape index (κ3) is 4.82. The average Bonchev–Trinajstić information content (AvgIpc) is 3.35. The Morgan fingerprint density at radius 2 is 1.90 bits per heavy atom. The maximum Gasteiger partial charge on any atom is 0.251 e. The molecule has 0 radical (unpaired) electrons. The second-order valence-corrected chi connectivity index (χ2v) is 8.75. The normalized spacial score (nSPS) is 23.5. The standard InChI is InChI=1S/C26H32N2O3/c1-2-27-25(30)26(14-8-15-28(19-26)24(29)23-13-7-16-31-23)18-20-9-6-12-22(17-20)21-10-4-3-5-11-21/h3-6,9-12,17,23H,2,7-8,13-16,18-19H2,1H3,(H,27,30)/t23-,26+/m1/s1. The predicted molar refractivity (Wildman–Crippen MR) is 121 cm³/mol. The summed E-state index contributed by atoms with van der Waals surface area (Å²) in [4.78, 5) is 28.2. The molecule has 1 N–H and O–H groups in total. The van der Waals surface area contributed by atoms with Gasteiger partial charge < -0.3 is 15.0 Å². The first-order chi connectivity index (χ1) is 15.1. The summed E-state index contributed by atoms with van der Waals surface area (Å²) >= 11 is 0. The van der Waals surface area contributed by atoms with Gasteiger partial charge in [0.1, 0.15) is 6.10 Å². The van der Waals surface area contributed by atoms with E-state index in [-0.39, 0.29) is 17.9 Å². The van der Waals surface area contributed by atoms with Crippen LogP contribution in [0.1, 0.15) is 38.2 Å². The Morgan fingerprint density at radius 3 is 2.65 bits per heavy atom. The number of nitrogens with one attached hydrogen (secondary N) is 1. The summed E-state index contributed by atoms with van der Waals surface area (Å²) in [5.74, 6) is 0.0915. The summed E-state index contributed by atoms with van der Waals surface area (Å²) in [6.45, 7) is 4.33. The first-order valence-corrected chi connectivity index (χ1v) is 11.4. The van der Waals surface area contributed by atoms with Crippen molar-refractivity contribution in [3.05, 3.63) is 60.2 Å². The van der Waals surface area contributed by atoms with Crippen LogP contribution in [0.2, 0.25) is 0 Å². The molecule has 0 bridgehead atoms. The van der Waals surface area contributed by atoms with E-state index in [4.69, 9.17) is 4.74 Å². The van der Waals surface area contributed by atoms with Gasteiger partial charge in [-0.05, 0) is 55.7 Å². The van der Waals surface area contributed by atoms with Crippen LogP contribution >= 0.6 is 0 Å². The molecule has 2 aliphatic heterocycles. The van der Waals surface area contributed by atoms with Crippen molar-refractivity contribution in [2.75, 3.05) is 26.2 Å². The highest BCUT2D eigenvalue weighted by atomic mass is 16.5. The minimum absolute atomic E-state index is 0.0453. The van der Waals surface area contributed by atoms with Crippen molar-refractivity contribution in [2.24, 2.45) is 5.41 Å². The molecule has 2 saturated heterocycles. The quantitative estimate of drug-likeness (QED) is 0.773. The molecule has 2 aliphatic rings. The Labute approximate surface area is 184 Å². The number of carbonyl (C=O) groups excluding carboxylic acids is 2. The molecule has 0 spiro atoms. The van der Waals surface area contributed by atoms with Gasteiger partial charge in [-0.15, -0.1) is 0 Å². The summed E-state index contributed by atoms with van der Waals surface area (Å²) in [7, 11) is 0. The number of hydrogen-bond donors (Lipinski definition) is 1. The van der Waals surface area contributed by atoms with Gasteiger partial charge in [0, 0.05) is 26.2 Å². The van der Waals surface area contributed by atoms with Crippen LogP contribution < -0.4 is 5.32 Å². The number of hydrogen-bond acceptors (Lipinski definition) is 3. The van der Waals surface area contributed by atoms with E-state index in [1.54, 1.807) is 0 Å². The molecule has 31 heavy (non-hydrogen) atoms. The zero-order valence-corrected chi connectivity index (χ0v) is 18.3. The Bertz CT molecular complexity index is 908. The first kappa shape index (κ1) is 21.6. The van der Waals surface area contributed by atoms with E-state index in [0.717, 1.165) is 42.4 Å². The largest absolute Gasteiger partial charge is 0.368 e. The van der Waals surface area contributed by atoms with E-state index in [1.165, 1.54) is 0 Å². The average molecular weight is 421 g/mol. The van der Waals surface area contributed by atoms with Crippen molar-refractivity contribution in [3.63, 3.8) is 0 Å². The third-order valence-corrected chi connectivity index (χ3v) is 6.49. The highest BCUT2D eigenvalue weighted by molar-refractivity contribution is 5.86. The second-order valence-electron chi connectivity index (χ2n) is 8.75. The first-order valence-electron chi connectivity index (χ1n) is 11.4. The lowest BCUT2D eigenvalue weighted by Gasteiger charge is -2.42. The monoisotopic (exact) mass is 420 g/mol. The van der Waals surface area contributed by atoms with E-state index in [0.29, 0.717) is 32.7 Å². The molecule has 0 aliphatic carbocycles. The molecular formula is C26H32N2O3. The van der Waals surface area contributed by atoms with Crippen molar-refractivity contribution in [2.45, 2.75) is 45.1 Å². The lowest BCUT2D eigenvalue weighted by Crippen LogP contribution is -2.56. The molecule has 2 aromatic carbocycles. The van der Waals surface area contributed by atoms with Crippen LogP contribution in [0.3, 0.4) is 0 Å². The van der Waals surface area contributed by atoms with Crippen LogP contribution in [0.4, 0.5) is 0 Å². The van der Waals surface area contributed by atoms with Crippen molar-refractivity contribution in [1.82, 2.24) is 10.2 Å². The van der Waals surface area contributed by atoms with Gasteiger partial charge in [-0.25, -0.2) is 0 Å². The lowest BCUT2D eigenvalue weighted by molar-refractivity contribution is -0.148. The number of piperidine rings is 1. The molecule has 2 amide bonds. The molecule has 4 rings (SSSR count). The maximum absolute atomic E-state index is 13.3. The topological polar surface area (TPSA) is 58.6 Å². The number of rotatable bonds is 6. The molecule has 2 aromatic rings. The van der Waals surface area contributed by atoms with Crippen molar-refractivity contribution in [3.8, 4) is 11.1 Å². The summed E-state index contributed by atoms with van der Waals surface area (Å²) < 4.78 is 5.64. The third-order valence-electron chi connectivity index (χ3n) is 6.49. The van der Waals surface area contributed by atoms with Gasteiger partial charge in [-0.3, -0.25) is 9.59 Å². The molecule has 5 heteroatoms. The Hall–Kier alpha value is -2.66. The van der Waals surface area contributed by atoms with Gasteiger partial charge in [0.2, 0.25) is 5.91 Å². The van der Waals surface area contributed by atoms with Gasteiger partial charge in [0.05, 0.1) is 5.41 Å². The SMILES string of the molecule is CCNC(=O)[C@]1(Cc2cccc(-c3ccccc3)c2)CCCN(C(=O)[C@H]2CCCO2)C1. The highest BCUT2D eigenvalue weighted by Gasteiger charge is 2.44. The van der Waals surface area contributed by atoms with E-state index >= 15 is 0 Å². The zero-order chi connectivity index (χ0) is 21.7. The van der Waals surface area contributed by atoms with Gasteiger partial charge in [0.15, 0.2) is 0 Å². The van der Waals surface area contributed by atoms with Crippen molar-refractivity contribution < 1.29 is 14.3 Å². The fourth-order valence-corrected chi connectivity index (χ4v) is 4.94. The fourth-order valence-electron chi connectivity index (χ4n) is 4.94. The molecule has 0 saturated carbocycles. The number of nitrogens with zero attached hydrogens (tertiary/aromatic N) is 1. The summed E-state index contributed by atoms with van der Waals surface area (Å²) in [6.07, 6.45) is 3.60. The number of carbonyl (C=O) groups is 2. The van der Waals surface area contributed by atoms with Crippen LogP contribution in [0.5, 0.6) is 0 Å². The fraction of sp³-hybridized carbons (Fsp3) is 0.462. The van der Waals surface area contributed by atoms with E-state index in [1.807, 2.05) is 30.0 Å². The van der Waals surface area contributed by atoms with Gasteiger partial charge in [-0.2, -0.15) is 0 Å². The van der Waals surface area contributed by atoms with Crippen LogP contribution in [0.25, 0.3) is 11.1 Å².